The average molecular weight is 497 g/mol. The third-order valence-electron chi connectivity index (χ3n) is 5.93. The molecule has 0 saturated carbocycles. The number of nitrogens with one attached hydrogen (secondary N) is 4. The number of hydrogen-bond donors (Lipinski definition) is 5. The Hall–Kier alpha value is -3.06. The highest BCUT2D eigenvalue weighted by Crippen LogP contribution is 2.19. The van der Waals surface area contributed by atoms with E-state index in [0.29, 0.717) is 25.8 Å². The zero-order valence-corrected chi connectivity index (χ0v) is 20.6. The zero-order chi connectivity index (χ0) is 26.3. The van der Waals surface area contributed by atoms with E-state index in [9.17, 15) is 33.9 Å². The minimum atomic E-state index is -1.83. The van der Waals surface area contributed by atoms with Crippen LogP contribution in [0.4, 0.5) is 0 Å². The van der Waals surface area contributed by atoms with Crippen LogP contribution in [0.5, 0.6) is 0 Å². The van der Waals surface area contributed by atoms with Crippen molar-refractivity contribution >= 4 is 35.3 Å². The maximum absolute atomic E-state index is 13.0. The van der Waals surface area contributed by atoms with Gasteiger partial charge in [-0.1, -0.05) is 0 Å². The molecule has 2 aliphatic heterocycles. The number of amides is 5. The fourth-order valence-corrected chi connectivity index (χ4v) is 4.11. The number of hydrogen-bond acceptors (Lipinski definition) is 8. The molecular formula is C22H36N6O7. The van der Waals surface area contributed by atoms with Gasteiger partial charge in [0.2, 0.25) is 23.6 Å². The summed E-state index contributed by atoms with van der Waals surface area (Å²) in [4.78, 5) is 75.4. The quantitative estimate of drug-likeness (QED) is 0.137. The van der Waals surface area contributed by atoms with Crippen molar-refractivity contribution in [3.8, 4) is 0 Å². The molecule has 13 heteroatoms. The summed E-state index contributed by atoms with van der Waals surface area (Å²) in [7, 11) is 0. The molecule has 4 atom stereocenters. The molecular weight excluding hydrogens is 460 g/mol. The Kier molecular flexibility index (Phi) is 10.1. The molecule has 2 aliphatic rings. The van der Waals surface area contributed by atoms with Crippen LogP contribution in [0.25, 0.3) is 0 Å². The van der Waals surface area contributed by atoms with Gasteiger partial charge in [-0.25, -0.2) is 0 Å². The van der Waals surface area contributed by atoms with Crippen LogP contribution in [0.15, 0.2) is 0 Å². The first-order valence-electron chi connectivity index (χ1n) is 11.9. The standard InChI is InChI=1S/C22H36N6O7/c1-12(2)28(18(31)11-17(30)21(34)25-14(4)29)26-20(33)16-8-6-10-27(16)22(35)13(3)24-19(32)15-7-5-9-23-15/h12-13,15-16,21,23,34H,5-11H2,1-4H3,(H,24,32)(H,25,29)(H,26,33)/t13-,15-,16-,21?/m0/s1. The number of aliphatic hydroxyl groups is 1. The second-order valence-electron chi connectivity index (χ2n) is 9.15. The number of Topliss-reactive ketones (excluding diaryl/α,β-unsaturated/α-hetero) is 1. The van der Waals surface area contributed by atoms with E-state index in [0.717, 1.165) is 24.9 Å². The highest BCUT2D eigenvalue weighted by Gasteiger charge is 2.38. The Labute approximate surface area is 204 Å². The first-order chi connectivity index (χ1) is 16.4. The van der Waals surface area contributed by atoms with E-state index in [-0.39, 0.29) is 11.9 Å². The summed E-state index contributed by atoms with van der Waals surface area (Å²) in [5, 5.41) is 18.4. The molecule has 2 heterocycles. The number of rotatable bonds is 9. The molecule has 0 bridgehead atoms. The van der Waals surface area contributed by atoms with E-state index >= 15 is 0 Å². The summed E-state index contributed by atoms with van der Waals surface area (Å²) in [6.45, 7) is 7.01. The molecule has 0 aromatic rings. The van der Waals surface area contributed by atoms with Crippen molar-refractivity contribution in [2.45, 2.75) is 90.2 Å². The van der Waals surface area contributed by atoms with Crippen LogP contribution >= 0.6 is 0 Å². The highest BCUT2D eigenvalue weighted by atomic mass is 16.3. The van der Waals surface area contributed by atoms with Gasteiger partial charge < -0.3 is 26.0 Å². The number of aliphatic hydroxyl groups excluding tert-OH is 1. The fraction of sp³-hybridized carbons (Fsp3) is 0.727. The number of carbonyl (C=O) groups is 6. The van der Waals surface area contributed by atoms with Crippen molar-refractivity contribution in [3.63, 3.8) is 0 Å². The van der Waals surface area contributed by atoms with Gasteiger partial charge in [-0.05, 0) is 53.0 Å². The Morgan fingerprint density at radius 3 is 2.29 bits per heavy atom. The Balaban J connectivity index is 1.99. The molecule has 1 unspecified atom stereocenters. The van der Waals surface area contributed by atoms with Crippen LogP contribution in [0.3, 0.4) is 0 Å². The van der Waals surface area contributed by atoms with Gasteiger partial charge in [0.1, 0.15) is 12.1 Å². The summed E-state index contributed by atoms with van der Waals surface area (Å²) in [5.41, 5.74) is 2.48. The number of carbonyl (C=O) groups excluding carboxylic acids is 6. The molecule has 2 rings (SSSR count). The summed E-state index contributed by atoms with van der Waals surface area (Å²) >= 11 is 0. The molecule has 0 aromatic heterocycles. The van der Waals surface area contributed by atoms with Gasteiger partial charge in [-0.3, -0.25) is 39.2 Å². The predicted molar refractivity (Wildman–Crippen MR) is 123 cm³/mol. The molecule has 2 saturated heterocycles. The smallest absolute Gasteiger partial charge is 0.261 e. The Bertz CT molecular complexity index is 842. The minimum Gasteiger partial charge on any atom is -0.367 e. The van der Waals surface area contributed by atoms with Crippen molar-refractivity contribution in [2.24, 2.45) is 0 Å². The summed E-state index contributed by atoms with van der Waals surface area (Å²) < 4.78 is 0. The van der Waals surface area contributed by atoms with Crippen molar-refractivity contribution in [1.82, 2.24) is 31.3 Å². The molecule has 0 aromatic carbocycles. The van der Waals surface area contributed by atoms with Crippen molar-refractivity contribution < 1.29 is 33.9 Å². The van der Waals surface area contributed by atoms with Gasteiger partial charge in [-0.15, -0.1) is 0 Å². The van der Waals surface area contributed by atoms with E-state index in [2.05, 4.69) is 16.1 Å². The second kappa shape index (κ2) is 12.6. The van der Waals surface area contributed by atoms with Crippen LogP contribution in [0, 0.1) is 0 Å². The molecule has 13 nitrogen and oxygen atoms in total. The number of likely N-dealkylation sites (tertiary alicyclic amines) is 1. The topological polar surface area (TPSA) is 177 Å². The van der Waals surface area contributed by atoms with Crippen LogP contribution in [-0.2, 0) is 28.8 Å². The van der Waals surface area contributed by atoms with Gasteiger partial charge in [-0.2, -0.15) is 0 Å². The van der Waals surface area contributed by atoms with E-state index < -0.39 is 60.2 Å². The van der Waals surface area contributed by atoms with Crippen LogP contribution < -0.4 is 21.4 Å². The van der Waals surface area contributed by atoms with E-state index in [1.165, 1.54) is 4.90 Å². The lowest BCUT2D eigenvalue weighted by atomic mass is 10.1. The molecule has 0 spiro atoms. The van der Waals surface area contributed by atoms with Crippen molar-refractivity contribution in [2.75, 3.05) is 13.1 Å². The lowest BCUT2D eigenvalue weighted by molar-refractivity contribution is -0.150. The van der Waals surface area contributed by atoms with Crippen molar-refractivity contribution in [1.29, 1.82) is 0 Å². The third kappa shape index (κ3) is 7.72. The van der Waals surface area contributed by atoms with E-state index in [1.807, 2.05) is 5.32 Å². The molecule has 0 aliphatic carbocycles. The molecule has 5 amide bonds. The van der Waals surface area contributed by atoms with Crippen LogP contribution in [0.2, 0.25) is 0 Å². The largest absolute Gasteiger partial charge is 0.367 e. The molecule has 196 valence electrons. The van der Waals surface area contributed by atoms with E-state index in [1.54, 1.807) is 20.8 Å². The normalized spacial score (nSPS) is 21.3. The maximum atomic E-state index is 13.0. The lowest BCUT2D eigenvalue weighted by Gasteiger charge is -2.32. The van der Waals surface area contributed by atoms with Gasteiger partial charge in [0.25, 0.3) is 5.91 Å². The Morgan fingerprint density at radius 2 is 1.71 bits per heavy atom. The predicted octanol–water partition coefficient (Wildman–Crippen LogP) is -2.08. The first kappa shape index (κ1) is 28.2. The average Bonchev–Trinajstić information content (AvgIpc) is 3.48. The molecule has 35 heavy (non-hydrogen) atoms. The van der Waals surface area contributed by atoms with E-state index in [4.69, 9.17) is 0 Å². The van der Waals surface area contributed by atoms with Gasteiger partial charge in [0.15, 0.2) is 12.0 Å². The number of hydrazine groups is 1. The summed E-state index contributed by atoms with van der Waals surface area (Å²) in [6, 6.07) is -2.53. The van der Waals surface area contributed by atoms with Gasteiger partial charge in [0.05, 0.1) is 12.5 Å². The van der Waals surface area contributed by atoms with Crippen molar-refractivity contribution in [3.05, 3.63) is 0 Å². The summed E-state index contributed by atoms with van der Waals surface area (Å²) in [5.74, 6) is -3.59. The fourth-order valence-electron chi connectivity index (χ4n) is 4.11. The zero-order valence-electron chi connectivity index (χ0n) is 20.6. The monoisotopic (exact) mass is 496 g/mol. The van der Waals surface area contributed by atoms with Crippen LogP contribution in [0.1, 0.15) is 59.8 Å². The number of nitrogens with zero attached hydrogens (tertiary/aromatic N) is 2. The minimum absolute atomic E-state index is 0.258. The highest BCUT2D eigenvalue weighted by molar-refractivity contribution is 6.02. The maximum Gasteiger partial charge on any atom is 0.261 e. The van der Waals surface area contributed by atoms with Gasteiger partial charge in [0, 0.05) is 19.5 Å². The lowest BCUT2D eigenvalue weighted by Crippen LogP contribution is -2.58. The number of ketones is 1. The first-order valence-corrected chi connectivity index (χ1v) is 11.9. The molecule has 5 N–H and O–H groups in total. The summed E-state index contributed by atoms with van der Waals surface area (Å²) in [6.07, 6.45) is -0.0390. The SMILES string of the molecule is CC(=O)NC(O)C(=O)CC(=O)N(NC(=O)[C@@H]1CCCN1C(=O)[C@H](C)NC(=O)[C@@H]1CCCN1)C(C)C. The Morgan fingerprint density at radius 1 is 1.03 bits per heavy atom. The molecule has 2 fully saturated rings. The van der Waals surface area contributed by atoms with Gasteiger partial charge >= 0.3 is 0 Å². The molecule has 0 radical (unpaired) electrons. The van der Waals surface area contributed by atoms with Crippen LogP contribution in [-0.4, -0.2) is 93.8 Å². The second-order valence-corrected chi connectivity index (χ2v) is 9.15. The third-order valence-corrected chi connectivity index (χ3v) is 5.93.